The predicted molar refractivity (Wildman–Crippen MR) is 74.9 cm³/mol. The molecule has 0 bridgehead atoms. The molecule has 0 amide bonds. The number of carboxylic acids is 1. The summed E-state index contributed by atoms with van der Waals surface area (Å²) < 4.78 is 0. The number of allylic oxidation sites excluding steroid dienone is 1. The molecule has 3 nitrogen and oxygen atoms in total. The van der Waals surface area contributed by atoms with E-state index in [0.717, 1.165) is 11.1 Å². The summed E-state index contributed by atoms with van der Waals surface area (Å²) in [7, 11) is 0. The van der Waals surface area contributed by atoms with Crippen molar-refractivity contribution in [2.24, 2.45) is 5.73 Å². The Balaban J connectivity index is 3.66. The molecule has 0 radical (unpaired) electrons. The molecule has 1 aromatic carbocycles. The highest BCUT2D eigenvalue weighted by Gasteiger charge is 2.19. The van der Waals surface area contributed by atoms with Crippen LogP contribution in [0.25, 0.3) is 11.3 Å². The van der Waals surface area contributed by atoms with E-state index >= 15 is 0 Å². The van der Waals surface area contributed by atoms with Gasteiger partial charge in [-0.1, -0.05) is 37.3 Å². The number of aryl methyl sites for hydroxylation is 1. The van der Waals surface area contributed by atoms with E-state index in [1.54, 1.807) is 6.07 Å². The zero-order valence-corrected chi connectivity index (χ0v) is 11.1. The normalized spacial score (nSPS) is 11.9. The average Bonchev–Trinajstić information content (AvgIpc) is 2.30. The molecule has 0 spiro atoms. The van der Waals surface area contributed by atoms with Crippen molar-refractivity contribution in [2.75, 3.05) is 0 Å². The second-order valence-corrected chi connectivity index (χ2v) is 4.34. The van der Waals surface area contributed by atoms with Crippen molar-refractivity contribution in [1.82, 2.24) is 0 Å². The first-order valence-corrected chi connectivity index (χ1v) is 5.87. The maximum atomic E-state index is 11.5. The van der Waals surface area contributed by atoms with Crippen LogP contribution in [0.1, 0.15) is 37.0 Å². The van der Waals surface area contributed by atoms with E-state index in [-0.39, 0.29) is 0 Å². The lowest BCUT2D eigenvalue weighted by atomic mass is 9.90. The van der Waals surface area contributed by atoms with Crippen molar-refractivity contribution in [1.29, 1.82) is 0 Å². The quantitative estimate of drug-likeness (QED) is 0.801. The molecule has 0 heterocycles. The molecule has 0 atom stereocenters. The van der Waals surface area contributed by atoms with E-state index in [0.29, 0.717) is 28.8 Å². The first-order valence-electron chi connectivity index (χ1n) is 5.87. The number of nitrogens with two attached hydrogens (primary N) is 1. The number of benzene rings is 1. The zero-order valence-electron chi connectivity index (χ0n) is 11.1. The van der Waals surface area contributed by atoms with Crippen LogP contribution in [0, 0.1) is 6.92 Å². The molecule has 0 aliphatic heterocycles. The Kier molecular flexibility index (Phi) is 4.32. The summed E-state index contributed by atoms with van der Waals surface area (Å²) in [4.78, 5) is 11.5. The summed E-state index contributed by atoms with van der Waals surface area (Å²) in [5, 5.41) is 9.43. The maximum Gasteiger partial charge on any atom is 0.336 e. The minimum absolute atomic E-state index is 0.331. The van der Waals surface area contributed by atoms with Gasteiger partial charge in [0.1, 0.15) is 0 Å². The molecule has 1 aromatic rings. The number of rotatable bonds is 4. The van der Waals surface area contributed by atoms with Gasteiger partial charge in [-0.25, -0.2) is 4.79 Å². The lowest BCUT2D eigenvalue weighted by Gasteiger charge is -2.15. The third-order valence-electron chi connectivity index (χ3n) is 3.04. The lowest BCUT2D eigenvalue weighted by molar-refractivity contribution is -0.130. The van der Waals surface area contributed by atoms with Gasteiger partial charge in [0.05, 0.1) is 5.57 Å². The third-order valence-corrected chi connectivity index (χ3v) is 3.04. The molecule has 0 unspecified atom stereocenters. The molecule has 0 saturated heterocycles. The highest BCUT2D eigenvalue weighted by molar-refractivity contribution is 6.18. The Bertz CT molecular complexity index is 527. The molecule has 96 valence electrons. The van der Waals surface area contributed by atoms with Gasteiger partial charge in [-0.2, -0.15) is 0 Å². The van der Waals surface area contributed by atoms with Crippen LogP contribution in [0.4, 0.5) is 0 Å². The SMILES string of the molecule is C=C(N)c1cccc(C)c1/C(C(=O)O)=C(/C)CC. The average molecular weight is 245 g/mol. The molecular formula is C15H19NO2. The number of hydrogen-bond acceptors (Lipinski definition) is 2. The third kappa shape index (κ3) is 2.62. The second-order valence-electron chi connectivity index (χ2n) is 4.34. The molecular weight excluding hydrogens is 226 g/mol. The number of carbonyl (C=O) groups is 1. The van der Waals surface area contributed by atoms with Gasteiger partial charge in [-0.05, 0) is 25.8 Å². The van der Waals surface area contributed by atoms with Gasteiger partial charge in [0.2, 0.25) is 0 Å². The van der Waals surface area contributed by atoms with E-state index in [2.05, 4.69) is 6.58 Å². The number of hydrogen-bond donors (Lipinski definition) is 2. The van der Waals surface area contributed by atoms with Crippen LogP contribution < -0.4 is 5.73 Å². The van der Waals surface area contributed by atoms with Crippen LogP contribution in [0.15, 0.2) is 30.4 Å². The maximum absolute atomic E-state index is 11.5. The van der Waals surface area contributed by atoms with Crippen LogP contribution in [0.5, 0.6) is 0 Å². The molecule has 18 heavy (non-hydrogen) atoms. The van der Waals surface area contributed by atoms with Crippen molar-refractivity contribution < 1.29 is 9.90 Å². The van der Waals surface area contributed by atoms with E-state index in [1.165, 1.54) is 0 Å². The van der Waals surface area contributed by atoms with E-state index in [1.807, 2.05) is 32.9 Å². The highest BCUT2D eigenvalue weighted by atomic mass is 16.4. The van der Waals surface area contributed by atoms with Crippen molar-refractivity contribution in [3.8, 4) is 0 Å². The smallest absolute Gasteiger partial charge is 0.336 e. The molecule has 0 aliphatic rings. The number of aliphatic carboxylic acids is 1. The minimum Gasteiger partial charge on any atom is -0.478 e. The summed E-state index contributed by atoms with van der Waals surface area (Å²) >= 11 is 0. The Hall–Kier alpha value is -2.03. The molecule has 0 saturated carbocycles. The topological polar surface area (TPSA) is 63.3 Å². The van der Waals surface area contributed by atoms with Crippen LogP contribution >= 0.6 is 0 Å². The van der Waals surface area contributed by atoms with Gasteiger partial charge in [-0.3, -0.25) is 0 Å². The first kappa shape index (κ1) is 14.0. The van der Waals surface area contributed by atoms with Crippen LogP contribution in [-0.4, -0.2) is 11.1 Å². The van der Waals surface area contributed by atoms with Gasteiger partial charge in [-0.15, -0.1) is 0 Å². The first-order chi connectivity index (χ1) is 8.40. The molecule has 0 aromatic heterocycles. The van der Waals surface area contributed by atoms with Crippen LogP contribution in [-0.2, 0) is 4.79 Å². The van der Waals surface area contributed by atoms with E-state index < -0.39 is 5.97 Å². The van der Waals surface area contributed by atoms with Crippen LogP contribution in [0.2, 0.25) is 0 Å². The summed E-state index contributed by atoms with van der Waals surface area (Å²) in [5.74, 6) is -0.925. The fourth-order valence-electron chi connectivity index (χ4n) is 1.95. The summed E-state index contributed by atoms with van der Waals surface area (Å²) in [5.41, 5.74) is 9.57. The Labute approximate surface area is 108 Å². The predicted octanol–water partition coefficient (Wildman–Crippen LogP) is 3.19. The Morgan fingerprint density at radius 2 is 2.06 bits per heavy atom. The number of carboxylic acid groups (broad SMARTS) is 1. The van der Waals surface area contributed by atoms with Gasteiger partial charge in [0.25, 0.3) is 0 Å². The van der Waals surface area contributed by atoms with Crippen molar-refractivity contribution in [3.05, 3.63) is 47.0 Å². The van der Waals surface area contributed by atoms with Crippen molar-refractivity contribution in [2.45, 2.75) is 27.2 Å². The highest BCUT2D eigenvalue weighted by Crippen LogP contribution is 2.29. The Morgan fingerprint density at radius 3 is 2.50 bits per heavy atom. The summed E-state index contributed by atoms with van der Waals surface area (Å²) in [6.45, 7) is 9.37. The monoisotopic (exact) mass is 245 g/mol. The summed E-state index contributed by atoms with van der Waals surface area (Å²) in [6, 6.07) is 5.54. The molecule has 3 N–H and O–H groups in total. The standard InChI is InChI=1S/C15H19NO2/c1-5-9(2)14(15(17)18)13-10(3)7-6-8-12(13)11(4)16/h6-8H,4-5,16H2,1-3H3,(H,17,18)/b14-9+. The van der Waals surface area contributed by atoms with Crippen molar-refractivity contribution >= 4 is 17.2 Å². The van der Waals surface area contributed by atoms with E-state index in [4.69, 9.17) is 5.73 Å². The van der Waals surface area contributed by atoms with Gasteiger partial charge >= 0.3 is 5.97 Å². The lowest BCUT2D eigenvalue weighted by Crippen LogP contribution is -2.09. The van der Waals surface area contributed by atoms with Gasteiger partial charge in [0, 0.05) is 16.8 Å². The second kappa shape index (κ2) is 5.54. The Morgan fingerprint density at radius 1 is 1.44 bits per heavy atom. The van der Waals surface area contributed by atoms with Crippen LogP contribution in [0.3, 0.4) is 0 Å². The molecule has 0 aliphatic carbocycles. The molecule has 1 rings (SSSR count). The molecule has 3 heteroatoms. The van der Waals surface area contributed by atoms with Gasteiger partial charge < -0.3 is 10.8 Å². The summed E-state index contributed by atoms with van der Waals surface area (Å²) in [6.07, 6.45) is 0.687. The molecule has 0 fully saturated rings. The largest absolute Gasteiger partial charge is 0.478 e. The fourth-order valence-corrected chi connectivity index (χ4v) is 1.95. The minimum atomic E-state index is -0.925. The zero-order chi connectivity index (χ0) is 13.9. The van der Waals surface area contributed by atoms with Crippen molar-refractivity contribution in [3.63, 3.8) is 0 Å². The fraction of sp³-hybridized carbons (Fsp3) is 0.267. The van der Waals surface area contributed by atoms with E-state index in [9.17, 15) is 9.90 Å². The van der Waals surface area contributed by atoms with Gasteiger partial charge in [0.15, 0.2) is 0 Å².